The normalized spacial score (nSPS) is 12.9. The quantitative estimate of drug-likeness (QED) is 0.721. The number of hydrogen-bond acceptors (Lipinski definition) is 3. The van der Waals surface area contributed by atoms with Crippen molar-refractivity contribution >= 4 is 28.2 Å². The van der Waals surface area contributed by atoms with Crippen LogP contribution in [0.3, 0.4) is 0 Å². The Balaban J connectivity index is 3.15. The molecule has 0 radical (unpaired) electrons. The summed E-state index contributed by atoms with van der Waals surface area (Å²) in [6.45, 7) is 0. The summed E-state index contributed by atoms with van der Waals surface area (Å²) in [5.41, 5.74) is 5.35. The lowest BCUT2D eigenvalue weighted by molar-refractivity contribution is 0.686. The first-order valence-corrected chi connectivity index (χ1v) is 4.79. The zero-order chi connectivity index (χ0) is 8.43. The molecule has 0 spiro atoms. The second-order valence-corrected chi connectivity index (χ2v) is 3.78. The number of rotatable bonds is 1. The van der Waals surface area contributed by atoms with Gasteiger partial charge in [-0.15, -0.1) is 0 Å². The smallest absolute Gasteiger partial charge is 0.142 e. The van der Waals surface area contributed by atoms with Crippen molar-refractivity contribution in [1.29, 1.82) is 0 Å². The second kappa shape index (κ2) is 3.19. The van der Waals surface area contributed by atoms with Crippen molar-refractivity contribution in [2.45, 2.75) is 4.90 Å². The molecule has 1 aromatic rings. The van der Waals surface area contributed by atoms with Gasteiger partial charge in [0, 0.05) is 12.5 Å². The maximum absolute atomic E-state index is 10.9. The number of halogens is 1. The van der Waals surface area contributed by atoms with Gasteiger partial charge < -0.3 is 5.73 Å². The van der Waals surface area contributed by atoms with Gasteiger partial charge in [0.05, 0.1) is 20.7 Å². The monoisotopic (exact) mass is 190 g/mol. The molecule has 5 heteroatoms. The molecular weight excluding hydrogens is 184 g/mol. The molecule has 11 heavy (non-hydrogen) atoms. The molecule has 0 aliphatic heterocycles. The van der Waals surface area contributed by atoms with Crippen LogP contribution in [0.4, 0.5) is 5.82 Å². The summed E-state index contributed by atoms with van der Waals surface area (Å²) in [4.78, 5) is 4.34. The van der Waals surface area contributed by atoms with Gasteiger partial charge in [0.25, 0.3) is 0 Å². The van der Waals surface area contributed by atoms with Crippen LogP contribution in [-0.2, 0) is 10.8 Å². The highest BCUT2D eigenvalue weighted by atomic mass is 35.5. The highest BCUT2D eigenvalue weighted by Crippen LogP contribution is 2.17. The first kappa shape index (κ1) is 8.49. The molecule has 60 valence electrons. The Morgan fingerprint density at radius 2 is 2.36 bits per heavy atom. The maximum Gasteiger partial charge on any atom is 0.142 e. The summed E-state index contributed by atoms with van der Waals surface area (Å²) in [5, 5.41) is 0.345. The third-order valence-electron chi connectivity index (χ3n) is 1.18. The molecule has 0 aromatic carbocycles. The molecule has 3 nitrogen and oxygen atoms in total. The van der Waals surface area contributed by atoms with Crippen LogP contribution in [0.25, 0.3) is 0 Å². The fourth-order valence-electron chi connectivity index (χ4n) is 0.588. The molecule has 0 aliphatic rings. The minimum absolute atomic E-state index is 0.265. The third kappa shape index (κ3) is 1.91. The van der Waals surface area contributed by atoms with E-state index >= 15 is 0 Å². The van der Waals surface area contributed by atoms with Crippen LogP contribution >= 0.6 is 11.6 Å². The Morgan fingerprint density at radius 3 is 2.82 bits per heavy atom. The number of anilines is 1. The van der Waals surface area contributed by atoms with Crippen molar-refractivity contribution in [3.63, 3.8) is 0 Å². The van der Waals surface area contributed by atoms with Gasteiger partial charge in [0.1, 0.15) is 5.82 Å². The molecule has 2 N–H and O–H groups in total. The molecule has 1 atom stereocenters. The Morgan fingerprint density at radius 1 is 1.73 bits per heavy atom. The van der Waals surface area contributed by atoms with Crippen LogP contribution in [0.2, 0.25) is 5.02 Å². The predicted molar refractivity (Wildman–Crippen MR) is 46.0 cm³/mol. The lowest BCUT2D eigenvalue weighted by Crippen LogP contribution is -1.94. The molecule has 0 saturated carbocycles. The topological polar surface area (TPSA) is 56.0 Å². The first-order valence-electron chi connectivity index (χ1n) is 2.85. The molecule has 1 heterocycles. The average Bonchev–Trinajstić information content (AvgIpc) is 1.94. The number of nitrogens with two attached hydrogens (primary N) is 1. The molecule has 0 amide bonds. The van der Waals surface area contributed by atoms with E-state index < -0.39 is 10.8 Å². The van der Waals surface area contributed by atoms with E-state index in [0.717, 1.165) is 0 Å². The molecule has 0 bridgehead atoms. The summed E-state index contributed by atoms with van der Waals surface area (Å²) in [5.74, 6) is 0.265. The van der Waals surface area contributed by atoms with Crippen LogP contribution in [0.5, 0.6) is 0 Å². The van der Waals surface area contributed by atoms with Crippen molar-refractivity contribution in [3.05, 3.63) is 17.3 Å². The largest absolute Gasteiger partial charge is 0.382 e. The summed E-state index contributed by atoms with van der Waals surface area (Å²) < 4.78 is 10.9. The Bertz CT molecular complexity index is 303. The van der Waals surface area contributed by atoms with Gasteiger partial charge in [-0.2, -0.15) is 0 Å². The standard InChI is InChI=1S/C6H7ClN2OS/c1-11(10)4-2-5(7)6(8)9-3-4/h2-3H,1H3,(H2,8,9)/t11-/m1/s1. The fraction of sp³-hybridized carbons (Fsp3) is 0.167. The summed E-state index contributed by atoms with van der Waals surface area (Å²) in [6.07, 6.45) is 3.01. The van der Waals surface area contributed by atoms with Gasteiger partial charge in [0.2, 0.25) is 0 Å². The summed E-state index contributed by atoms with van der Waals surface area (Å²) >= 11 is 5.64. The van der Waals surface area contributed by atoms with E-state index in [2.05, 4.69) is 4.98 Å². The van der Waals surface area contributed by atoms with E-state index in [1.54, 1.807) is 12.3 Å². The van der Waals surface area contributed by atoms with Crippen molar-refractivity contribution < 1.29 is 4.21 Å². The minimum Gasteiger partial charge on any atom is -0.382 e. The van der Waals surface area contributed by atoms with Gasteiger partial charge in [0.15, 0.2) is 0 Å². The maximum atomic E-state index is 10.9. The lowest BCUT2D eigenvalue weighted by atomic mass is 10.5. The van der Waals surface area contributed by atoms with Crippen molar-refractivity contribution in [2.75, 3.05) is 12.0 Å². The van der Waals surface area contributed by atoms with E-state index in [0.29, 0.717) is 9.92 Å². The number of hydrogen-bond donors (Lipinski definition) is 1. The highest BCUT2D eigenvalue weighted by molar-refractivity contribution is 7.84. The zero-order valence-electron chi connectivity index (χ0n) is 5.87. The van der Waals surface area contributed by atoms with E-state index in [1.807, 2.05) is 0 Å². The number of nitrogens with zero attached hydrogens (tertiary/aromatic N) is 1. The van der Waals surface area contributed by atoms with Gasteiger partial charge in [-0.3, -0.25) is 4.21 Å². The molecule has 0 fully saturated rings. The lowest BCUT2D eigenvalue weighted by Gasteiger charge is -1.98. The zero-order valence-corrected chi connectivity index (χ0v) is 7.45. The molecule has 0 saturated heterocycles. The second-order valence-electron chi connectivity index (χ2n) is 1.99. The molecule has 0 aliphatic carbocycles. The predicted octanol–water partition coefficient (Wildman–Crippen LogP) is 1.05. The Kier molecular flexibility index (Phi) is 2.46. The van der Waals surface area contributed by atoms with Crippen LogP contribution < -0.4 is 5.73 Å². The van der Waals surface area contributed by atoms with E-state index in [9.17, 15) is 4.21 Å². The SMILES string of the molecule is C[S@@](=O)c1cnc(N)c(Cl)c1. The molecule has 0 unspecified atom stereocenters. The number of pyridine rings is 1. The van der Waals surface area contributed by atoms with Crippen molar-refractivity contribution in [2.24, 2.45) is 0 Å². The van der Waals surface area contributed by atoms with Crippen LogP contribution in [0.15, 0.2) is 17.2 Å². The third-order valence-corrected chi connectivity index (χ3v) is 2.37. The van der Waals surface area contributed by atoms with Crippen LogP contribution in [-0.4, -0.2) is 15.4 Å². The van der Waals surface area contributed by atoms with E-state index in [4.69, 9.17) is 17.3 Å². The Labute approximate surface area is 72.0 Å². The summed E-state index contributed by atoms with van der Waals surface area (Å²) in [6, 6.07) is 1.56. The molecular formula is C6H7ClN2OS. The number of nitrogen functional groups attached to an aromatic ring is 1. The average molecular weight is 191 g/mol. The highest BCUT2D eigenvalue weighted by Gasteiger charge is 2.01. The van der Waals surface area contributed by atoms with Crippen LogP contribution in [0.1, 0.15) is 0 Å². The fourth-order valence-corrected chi connectivity index (χ4v) is 1.30. The number of aromatic nitrogens is 1. The summed E-state index contributed by atoms with van der Waals surface area (Å²) in [7, 11) is -1.05. The van der Waals surface area contributed by atoms with Gasteiger partial charge >= 0.3 is 0 Å². The van der Waals surface area contributed by atoms with E-state index in [1.165, 1.54) is 6.20 Å². The van der Waals surface area contributed by atoms with Crippen molar-refractivity contribution in [1.82, 2.24) is 4.98 Å². The van der Waals surface area contributed by atoms with Gasteiger partial charge in [-0.25, -0.2) is 4.98 Å². The van der Waals surface area contributed by atoms with E-state index in [-0.39, 0.29) is 5.82 Å². The first-order chi connectivity index (χ1) is 5.11. The molecule has 1 rings (SSSR count). The van der Waals surface area contributed by atoms with Crippen molar-refractivity contribution in [3.8, 4) is 0 Å². The van der Waals surface area contributed by atoms with Gasteiger partial charge in [-0.05, 0) is 6.07 Å². The van der Waals surface area contributed by atoms with Crippen LogP contribution in [0, 0.1) is 0 Å². The minimum atomic E-state index is -1.05. The molecule has 1 aromatic heterocycles. The van der Waals surface area contributed by atoms with Gasteiger partial charge in [-0.1, -0.05) is 11.6 Å². The Hall–Kier alpha value is -0.610.